The van der Waals surface area contributed by atoms with Crippen molar-refractivity contribution >= 4 is 27.5 Å². The molecule has 1 atom stereocenters. The van der Waals surface area contributed by atoms with Gasteiger partial charge in [0.1, 0.15) is 10.7 Å². The van der Waals surface area contributed by atoms with Gasteiger partial charge < -0.3 is 9.88 Å². The number of rotatable bonds is 5. The molecule has 0 aliphatic heterocycles. The van der Waals surface area contributed by atoms with E-state index in [0.29, 0.717) is 24.8 Å². The Balaban J connectivity index is 1.64. The number of aromatic nitrogens is 2. The highest BCUT2D eigenvalue weighted by atomic mass is 32.1. The van der Waals surface area contributed by atoms with Gasteiger partial charge in [0.25, 0.3) is 5.56 Å². The molecule has 3 aromatic rings. The van der Waals surface area contributed by atoms with E-state index >= 15 is 0 Å². The number of benzene rings is 1. The van der Waals surface area contributed by atoms with Crippen LogP contribution in [0.3, 0.4) is 0 Å². The van der Waals surface area contributed by atoms with E-state index in [1.54, 1.807) is 16.2 Å². The molecule has 0 saturated heterocycles. The lowest BCUT2D eigenvalue weighted by atomic mass is 9.83. The van der Waals surface area contributed by atoms with Crippen molar-refractivity contribution in [1.29, 1.82) is 0 Å². The highest BCUT2D eigenvalue weighted by molar-refractivity contribution is 7.18. The molecule has 1 aromatic carbocycles. The Kier molecular flexibility index (Phi) is 5.31. The van der Waals surface area contributed by atoms with Crippen LogP contribution in [0.2, 0.25) is 0 Å². The van der Waals surface area contributed by atoms with Gasteiger partial charge in [0.15, 0.2) is 0 Å². The Hall–Kier alpha value is -2.47. The number of hydrogen-bond acceptors (Lipinski definition) is 4. The van der Waals surface area contributed by atoms with E-state index in [4.69, 9.17) is 0 Å². The van der Waals surface area contributed by atoms with Crippen molar-refractivity contribution in [2.45, 2.75) is 45.4 Å². The number of hydrogen-bond donors (Lipinski definition) is 1. The SMILES string of the molecule is CCN(CC)C(=O)Cc1nc2sc3c(c2c(=O)[nH]1)CC[C@@H](c1ccccc1)C3. The average Bonchev–Trinajstić information content (AvgIpc) is 3.07. The summed E-state index contributed by atoms with van der Waals surface area (Å²) in [5.74, 6) is 0.954. The van der Waals surface area contributed by atoms with Crippen molar-refractivity contribution in [1.82, 2.24) is 14.9 Å². The summed E-state index contributed by atoms with van der Waals surface area (Å²) in [4.78, 5) is 36.4. The zero-order chi connectivity index (χ0) is 19.7. The molecule has 0 unspecified atom stereocenters. The van der Waals surface area contributed by atoms with Crippen LogP contribution in [0.25, 0.3) is 10.2 Å². The van der Waals surface area contributed by atoms with Crippen molar-refractivity contribution in [2.75, 3.05) is 13.1 Å². The molecule has 1 aliphatic rings. The molecule has 0 spiro atoms. The maximum atomic E-state index is 12.8. The number of nitrogens with zero attached hydrogens (tertiary/aromatic N) is 2. The summed E-state index contributed by atoms with van der Waals surface area (Å²) in [5.41, 5.74) is 2.41. The molecule has 1 N–H and O–H groups in total. The second-order valence-corrected chi connectivity index (χ2v) is 8.37. The fourth-order valence-electron chi connectivity index (χ4n) is 4.15. The van der Waals surface area contributed by atoms with Crippen molar-refractivity contribution < 1.29 is 4.79 Å². The van der Waals surface area contributed by atoms with Gasteiger partial charge in [0, 0.05) is 18.0 Å². The summed E-state index contributed by atoms with van der Waals surface area (Å²) < 4.78 is 0. The van der Waals surface area contributed by atoms with Crippen LogP contribution in [0.4, 0.5) is 0 Å². The molecule has 146 valence electrons. The summed E-state index contributed by atoms with van der Waals surface area (Å²) in [5, 5.41) is 0.727. The first-order valence-electron chi connectivity index (χ1n) is 9.96. The minimum atomic E-state index is -0.108. The monoisotopic (exact) mass is 395 g/mol. The summed E-state index contributed by atoms with van der Waals surface area (Å²) in [7, 11) is 0. The topological polar surface area (TPSA) is 66.1 Å². The van der Waals surface area contributed by atoms with Gasteiger partial charge in [-0.3, -0.25) is 9.59 Å². The van der Waals surface area contributed by atoms with Crippen LogP contribution in [-0.2, 0) is 24.1 Å². The van der Waals surface area contributed by atoms with Gasteiger partial charge in [-0.05, 0) is 50.2 Å². The zero-order valence-electron chi connectivity index (χ0n) is 16.3. The summed E-state index contributed by atoms with van der Waals surface area (Å²) in [6, 6.07) is 10.6. The fraction of sp³-hybridized carbons (Fsp3) is 0.409. The molecule has 2 aromatic heterocycles. The van der Waals surface area contributed by atoms with E-state index in [1.807, 2.05) is 19.9 Å². The second-order valence-electron chi connectivity index (χ2n) is 7.29. The van der Waals surface area contributed by atoms with E-state index in [2.05, 4.69) is 34.2 Å². The number of likely N-dealkylation sites (N-methyl/N-ethyl adjacent to an activating group) is 1. The maximum Gasteiger partial charge on any atom is 0.259 e. The predicted molar refractivity (Wildman–Crippen MR) is 113 cm³/mol. The smallest absolute Gasteiger partial charge is 0.259 e. The van der Waals surface area contributed by atoms with Gasteiger partial charge >= 0.3 is 0 Å². The lowest BCUT2D eigenvalue weighted by molar-refractivity contribution is -0.130. The largest absolute Gasteiger partial charge is 0.343 e. The third kappa shape index (κ3) is 3.49. The first-order chi connectivity index (χ1) is 13.6. The van der Waals surface area contributed by atoms with Gasteiger partial charge in [0.05, 0.1) is 11.8 Å². The number of aromatic amines is 1. The first kappa shape index (κ1) is 18.9. The molecule has 0 radical (unpaired) electrons. The highest BCUT2D eigenvalue weighted by Crippen LogP contribution is 2.39. The number of thiophene rings is 1. The van der Waals surface area contributed by atoms with Crippen molar-refractivity contribution in [3.8, 4) is 0 Å². The average molecular weight is 396 g/mol. The normalized spacial score (nSPS) is 16.1. The van der Waals surface area contributed by atoms with Gasteiger partial charge in [-0.1, -0.05) is 30.3 Å². The van der Waals surface area contributed by atoms with Gasteiger partial charge in [0.2, 0.25) is 5.91 Å². The number of fused-ring (bicyclic) bond motifs is 3. The molecular formula is C22H25N3O2S. The van der Waals surface area contributed by atoms with Gasteiger partial charge in [-0.15, -0.1) is 11.3 Å². The van der Waals surface area contributed by atoms with Gasteiger partial charge in [-0.2, -0.15) is 0 Å². The van der Waals surface area contributed by atoms with E-state index in [1.165, 1.54) is 10.4 Å². The minimum absolute atomic E-state index is 0.00189. The Morgan fingerprint density at radius 3 is 2.71 bits per heavy atom. The molecule has 2 heterocycles. The number of carbonyl (C=O) groups excluding carboxylic acids is 1. The number of carbonyl (C=O) groups is 1. The van der Waals surface area contributed by atoms with E-state index < -0.39 is 0 Å². The zero-order valence-corrected chi connectivity index (χ0v) is 17.1. The van der Waals surface area contributed by atoms with E-state index in [-0.39, 0.29) is 17.9 Å². The third-order valence-electron chi connectivity index (χ3n) is 5.67. The molecule has 0 fully saturated rings. The van der Waals surface area contributed by atoms with E-state index in [0.717, 1.165) is 35.0 Å². The quantitative estimate of drug-likeness (QED) is 0.717. The fourth-order valence-corrected chi connectivity index (χ4v) is 5.47. The molecule has 1 aliphatic carbocycles. The van der Waals surface area contributed by atoms with Crippen LogP contribution in [0.15, 0.2) is 35.1 Å². The van der Waals surface area contributed by atoms with Crippen LogP contribution in [0.5, 0.6) is 0 Å². The van der Waals surface area contributed by atoms with Crippen LogP contribution in [0, 0.1) is 0 Å². The molecular weight excluding hydrogens is 370 g/mol. The Labute approximate surface area is 168 Å². The third-order valence-corrected chi connectivity index (χ3v) is 6.82. The number of H-pyrrole nitrogens is 1. The Morgan fingerprint density at radius 1 is 1.25 bits per heavy atom. The molecule has 0 saturated carbocycles. The van der Waals surface area contributed by atoms with Crippen molar-refractivity contribution in [2.24, 2.45) is 0 Å². The Bertz CT molecular complexity index is 1050. The number of nitrogens with one attached hydrogen (secondary N) is 1. The predicted octanol–water partition coefficient (Wildman–Crippen LogP) is 3.67. The Morgan fingerprint density at radius 2 is 2.00 bits per heavy atom. The summed E-state index contributed by atoms with van der Waals surface area (Å²) in [6.07, 6.45) is 3.04. The lowest BCUT2D eigenvalue weighted by Crippen LogP contribution is -2.32. The van der Waals surface area contributed by atoms with Crippen LogP contribution in [0.1, 0.15) is 48.0 Å². The number of amides is 1. The van der Waals surface area contributed by atoms with Crippen LogP contribution in [-0.4, -0.2) is 33.9 Å². The molecule has 5 nitrogen and oxygen atoms in total. The summed E-state index contributed by atoms with van der Waals surface area (Å²) in [6.45, 7) is 5.24. The molecule has 28 heavy (non-hydrogen) atoms. The highest BCUT2D eigenvalue weighted by Gasteiger charge is 2.26. The number of aryl methyl sites for hydroxylation is 1. The van der Waals surface area contributed by atoms with Crippen LogP contribution >= 0.6 is 11.3 Å². The lowest BCUT2D eigenvalue weighted by Gasteiger charge is -2.22. The van der Waals surface area contributed by atoms with Crippen molar-refractivity contribution in [3.05, 3.63) is 62.5 Å². The molecule has 1 amide bonds. The summed E-state index contributed by atoms with van der Waals surface area (Å²) >= 11 is 1.62. The molecule has 6 heteroatoms. The first-order valence-corrected chi connectivity index (χ1v) is 10.8. The van der Waals surface area contributed by atoms with Crippen molar-refractivity contribution in [3.63, 3.8) is 0 Å². The van der Waals surface area contributed by atoms with Gasteiger partial charge in [-0.25, -0.2) is 4.98 Å². The van der Waals surface area contributed by atoms with E-state index in [9.17, 15) is 9.59 Å². The minimum Gasteiger partial charge on any atom is -0.343 e. The molecule has 4 rings (SSSR count). The molecule has 0 bridgehead atoms. The van der Waals surface area contributed by atoms with Crippen LogP contribution < -0.4 is 5.56 Å². The standard InChI is InChI=1S/C22H25N3O2S/c1-3-25(4-2)19(26)13-18-23-21(27)20-16-11-10-15(14-8-6-5-7-9-14)12-17(16)28-22(20)24-18/h5-9,15H,3-4,10-13H2,1-2H3,(H,23,24,27)/t15-/m1/s1. The maximum absolute atomic E-state index is 12.8. The second kappa shape index (κ2) is 7.87.